The Labute approximate surface area is 118 Å². The van der Waals surface area contributed by atoms with Crippen LogP contribution in [0.1, 0.15) is 83.5 Å². The lowest BCUT2D eigenvalue weighted by atomic mass is 10.0. The second kappa shape index (κ2) is 12.3. The Balaban J connectivity index is 2.17. The summed E-state index contributed by atoms with van der Waals surface area (Å²) in [7, 11) is 0. The zero-order valence-electron chi connectivity index (χ0n) is 12.4. The number of rotatable bonds is 0. The first kappa shape index (κ1) is 16.3. The van der Waals surface area contributed by atoms with Gasteiger partial charge in [0.2, 0.25) is 0 Å². The summed E-state index contributed by atoms with van der Waals surface area (Å²) < 4.78 is 5.35. The van der Waals surface area contributed by atoms with Crippen molar-refractivity contribution in [3.63, 3.8) is 0 Å². The van der Waals surface area contributed by atoms with E-state index < -0.39 is 0 Å². The summed E-state index contributed by atoms with van der Waals surface area (Å²) in [6.07, 6.45) is 19.3. The fourth-order valence-electron chi connectivity index (χ4n) is 2.53. The highest BCUT2D eigenvalue weighted by atomic mass is 16.5. The Morgan fingerprint density at radius 2 is 1.16 bits per heavy atom. The van der Waals surface area contributed by atoms with E-state index in [2.05, 4.69) is 0 Å². The molecule has 1 aliphatic heterocycles. The van der Waals surface area contributed by atoms with Crippen LogP contribution in [-0.2, 0) is 9.53 Å². The monoisotopic (exact) mass is 266 g/mol. The van der Waals surface area contributed by atoms with E-state index in [9.17, 15) is 4.79 Å². The molecule has 1 rings (SSSR count). The molecule has 0 saturated carbocycles. The Kier molecular flexibility index (Phi) is 10.5. The van der Waals surface area contributed by atoms with Crippen molar-refractivity contribution in [2.24, 2.45) is 0 Å². The second-order valence-corrected chi connectivity index (χ2v) is 5.63. The molecule has 2 heteroatoms. The number of hydrogen-bond donors (Lipinski definition) is 0. The van der Waals surface area contributed by atoms with Crippen molar-refractivity contribution in [3.05, 3.63) is 12.3 Å². The van der Waals surface area contributed by atoms with Crippen LogP contribution in [0.15, 0.2) is 12.3 Å². The van der Waals surface area contributed by atoms with E-state index in [0.717, 1.165) is 19.4 Å². The molecular formula is C17H30O2. The van der Waals surface area contributed by atoms with Gasteiger partial charge in [-0.15, -0.1) is 0 Å². The molecule has 0 bridgehead atoms. The maximum atomic E-state index is 11.5. The lowest BCUT2D eigenvalue weighted by Crippen LogP contribution is -1.94. The molecule has 0 spiro atoms. The molecule has 1 aliphatic rings. The van der Waals surface area contributed by atoms with E-state index >= 15 is 0 Å². The molecule has 0 amide bonds. The van der Waals surface area contributed by atoms with Crippen LogP contribution in [0.3, 0.4) is 0 Å². The number of hydrogen-bond acceptors (Lipinski definition) is 2. The van der Waals surface area contributed by atoms with Gasteiger partial charge in [-0.2, -0.15) is 0 Å². The van der Waals surface area contributed by atoms with E-state index in [1.807, 2.05) is 0 Å². The Bertz CT molecular complexity index is 246. The SMILES string of the molecule is O=C1C=COCCCCCCCCCCCCCC1. The average Bonchev–Trinajstić information content (AvgIpc) is 2.41. The van der Waals surface area contributed by atoms with Gasteiger partial charge in [0.15, 0.2) is 5.78 Å². The van der Waals surface area contributed by atoms with Crippen molar-refractivity contribution >= 4 is 5.78 Å². The van der Waals surface area contributed by atoms with Crippen molar-refractivity contribution in [2.75, 3.05) is 6.61 Å². The summed E-state index contributed by atoms with van der Waals surface area (Å²) in [5.74, 6) is 0.209. The zero-order chi connectivity index (χ0) is 13.6. The largest absolute Gasteiger partial charge is 0.501 e. The number of carbonyl (C=O) groups excluding carboxylic acids is 1. The number of allylic oxidation sites excluding steroid dienone is 1. The molecule has 0 unspecified atom stereocenters. The van der Waals surface area contributed by atoms with Gasteiger partial charge in [-0.1, -0.05) is 64.2 Å². The van der Waals surface area contributed by atoms with Crippen LogP contribution in [-0.4, -0.2) is 12.4 Å². The van der Waals surface area contributed by atoms with Crippen molar-refractivity contribution in [1.82, 2.24) is 0 Å². The van der Waals surface area contributed by atoms with Gasteiger partial charge in [-0.3, -0.25) is 4.79 Å². The van der Waals surface area contributed by atoms with Crippen LogP contribution in [0.25, 0.3) is 0 Å². The van der Waals surface area contributed by atoms with Crippen molar-refractivity contribution in [2.45, 2.75) is 83.5 Å². The van der Waals surface area contributed by atoms with Gasteiger partial charge in [-0.05, 0) is 12.8 Å². The van der Waals surface area contributed by atoms with E-state index in [1.54, 1.807) is 12.3 Å². The van der Waals surface area contributed by atoms with Gasteiger partial charge in [0.25, 0.3) is 0 Å². The molecule has 0 aromatic carbocycles. The van der Waals surface area contributed by atoms with Crippen LogP contribution >= 0.6 is 0 Å². The van der Waals surface area contributed by atoms with Crippen LogP contribution in [0, 0.1) is 0 Å². The predicted molar refractivity (Wildman–Crippen MR) is 80.1 cm³/mol. The molecule has 0 fully saturated rings. The molecule has 0 atom stereocenters. The first-order valence-corrected chi connectivity index (χ1v) is 8.20. The summed E-state index contributed by atoms with van der Waals surface area (Å²) in [5.41, 5.74) is 0. The predicted octanol–water partition coefficient (Wildman–Crippen LogP) is 5.17. The maximum absolute atomic E-state index is 11.5. The van der Waals surface area contributed by atoms with E-state index in [-0.39, 0.29) is 5.78 Å². The fourth-order valence-corrected chi connectivity index (χ4v) is 2.53. The highest BCUT2D eigenvalue weighted by Gasteiger charge is 1.98. The highest BCUT2D eigenvalue weighted by molar-refractivity contribution is 5.89. The second-order valence-electron chi connectivity index (χ2n) is 5.63. The van der Waals surface area contributed by atoms with Crippen LogP contribution < -0.4 is 0 Å². The normalized spacial score (nSPS) is 22.2. The number of ether oxygens (including phenoxy) is 1. The minimum Gasteiger partial charge on any atom is -0.501 e. The zero-order valence-corrected chi connectivity index (χ0v) is 12.4. The number of carbonyl (C=O) groups is 1. The maximum Gasteiger partial charge on any atom is 0.158 e. The quantitative estimate of drug-likeness (QED) is 0.604. The van der Waals surface area contributed by atoms with Crippen LogP contribution in [0.4, 0.5) is 0 Å². The summed E-state index contributed by atoms with van der Waals surface area (Å²) in [4.78, 5) is 11.5. The molecule has 2 nitrogen and oxygen atoms in total. The molecule has 110 valence electrons. The van der Waals surface area contributed by atoms with Gasteiger partial charge < -0.3 is 4.74 Å². The lowest BCUT2D eigenvalue weighted by Gasteiger charge is -2.04. The molecule has 0 aromatic rings. The minimum absolute atomic E-state index is 0.209. The molecule has 0 aromatic heterocycles. The van der Waals surface area contributed by atoms with Gasteiger partial charge in [0.05, 0.1) is 12.9 Å². The first-order chi connectivity index (χ1) is 9.39. The summed E-state index contributed by atoms with van der Waals surface area (Å²) in [5, 5.41) is 0. The van der Waals surface area contributed by atoms with Gasteiger partial charge in [-0.25, -0.2) is 0 Å². The average molecular weight is 266 g/mol. The van der Waals surface area contributed by atoms with Gasteiger partial charge >= 0.3 is 0 Å². The molecular weight excluding hydrogens is 236 g/mol. The van der Waals surface area contributed by atoms with Gasteiger partial charge in [0.1, 0.15) is 0 Å². The van der Waals surface area contributed by atoms with Crippen molar-refractivity contribution < 1.29 is 9.53 Å². The van der Waals surface area contributed by atoms with Crippen LogP contribution in [0.2, 0.25) is 0 Å². The molecule has 0 N–H and O–H groups in total. The molecule has 0 saturated heterocycles. The number of ketones is 1. The third-order valence-electron chi connectivity index (χ3n) is 3.79. The Hall–Kier alpha value is -0.790. The Morgan fingerprint density at radius 1 is 0.684 bits per heavy atom. The lowest BCUT2D eigenvalue weighted by molar-refractivity contribution is -0.114. The molecule has 1 heterocycles. The molecule has 0 aliphatic carbocycles. The summed E-state index contributed by atoms with van der Waals surface area (Å²) in [6.45, 7) is 0.754. The third kappa shape index (κ3) is 10.8. The third-order valence-corrected chi connectivity index (χ3v) is 3.79. The van der Waals surface area contributed by atoms with E-state index in [4.69, 9.17) is 4.74 Å². The fraction of sp³-hybridized carbons (Fsp3) is 0.824. The molecule has 0 radical (unpaired) electrons. The van der Waals surface area contributed by atoms with Crippen molar-refractivity contribution in [3.8, 4) is 0 Å². The summed E-state index contributed by atoms with van der Waals surface area (Å²) in [6, 6.07) is 0. The molecule has 19 heavy (non-hydrogen) atoms. The summed E-state index contributed by atoms with van der Waals surface area (Å²) >= 11 is 0. The van der Waals surface area contributed by atoms with Crippen molar-refractivity contribution in [1.29, 1.82) is 0 Å². The van der Waals surface area contributed by atoms with Gasteiger partial charge in [0, 0.05) is 12.5 Å². The van der Waals surface area contributed by atoms with E-state index in [1.165, 1.54) is 64.2 Å². The minimum atomic E-state index is 0.209. The Morgan fingerprint density at radius 3 is 1.74 bits per heavy atom. The highest BCUT2D eigenvalue weighted by Crippen LogP contribution is 2.13. The van der Waals surface area contributed by atoms with E-state index in [0.29, 0.717) is 6.42 Å². The van der Waals surface area contributed by atoms with Crippen LogP contribution in [0.5, 0.6) is 0 Å². The smallest absolute Gasteiger partial charge is 0.158 e. The standard InChI is InChI=1S/C17H30O2/c18-17-13-11-9-7-5-3-1-2-4-6-8-10-12-15-19-16-14-17/h14,16H,1-13,15H2. The topological polar surface area (TPSA) is 26.3 Å². The first-order valence-electron chi connectivity index (χ1n) is 8.20.